The Hall–Kier alpha value is -0.830. The van der Waals surface area contributed by atoms with Crippen molar-refractivity contribution in [3.8, 4) is 0 Å². The molecule has 1 aromatic carbocycles. The first-order valence-corrected chi connectivity index (χ1v) is 6.60. The van der Waals surface area contributed by atoms with Crippen molar-refractivity contribution in [3.63, 3.8) is 0 Å². The van der Waals surface area contributed by atoms with Crippen LogP contribution < -0.4 is 5.32 Å². The highest BCUT2D eigenvalue weighted by molar-refractivity contribution is 9.09. The fourth-order valence-corrected chi connectivity index (χ4v) is 2.34. The SMILES string of the molecule is Cc1cc(C)cc(C(=O)NC(C)CCBr)c1. The molecule has 0 aliphatic heterocycles. The fourth-order valence-electron chi connectivity index (χ4n) is 1.65. The molecule has 0 saturated carbocycles. The third kappa shape index (κ3) is 3.97. The zero-order chi connectivity index (χ0) is 12.1. The molecule has 1 amide bonds. The van der Waals surface area contributed by atoms with Crippen LogP contribution in [0.3, 0.4) is 0 Å². The topological polar surface area (TPSA) is 29.1 Å². The number of halogens is 1. The highest BCUT2D eigenvalue weighted by atomic mass is 79.9. The van der Waals surface area contributed by atoms with E-state index in [0.717, 1.165) is 28.4 Å². The Labute approximate surface area is 106 Å². The average Bonchev–Trinajstić information content (AvgIpc) is 2.16. The van der Waals surface area contributed by atoms with Gasteiger partial charge in [0.15, 0.2) is 0 Å². The van der Waals surface area contributed by atoms with Crippen molar-refractivity contribution >= 4 is 21.8 Å². The molecule has 88 valence electrons. The normalized spacial score (nSPS) is 12.2. The van der Waals surface area contributed by atoms with E-state index in [2.05, 4.69) is 27.3 Å². The first-order chi connectivity index (χ1) is 7.52. The predicted octanol–water partition coefficient (Wildman–Crippen LogP) is 3.21. The first kappa shape index (κ1) is 13.2. The van der Waals surface area contributed by atoms with Crippen LogP contribution in [0.4, 0.5) is 0 Å². The van der Waals surface area contributed by atoms with Gasteiger partial charge in [-0.1, -0.05) is 33.1 Å². The summed E-state index contributed by atoms with van der Waals surface area (Å²) in [4.78, 5) is 11.9. The van der Waals surface area contributed by atoms with E-state index >= 15 is 0 Å². The van der Waals surface area contributed by atoms with Gasteiger partial charge >= 0.3 is 0 Å². The number of carbonyl (C=O) groups excluding carboxylic acids is 1. The number of rotatable bonds is 4. The summed E-state index contributed by atoms with van der Waals surface area (Å²) < 4.78 is 0. The molecule has 1 atom stereocenters. The van der Waals surface area contributed by atoms with Crippen molar-refractivity contribution in [3.05, 3.63) is 34.9 Å². The van der Waals surface area contributed by atoms with E-state index in [9.17, 15) is 4.79 Å². The van der Waals surface area contributed by atoms with E-state index in [1.165, 1.54) is 0 Å². The van der Waals surface area contributed by atoms with Gasteiger partial charge in [0.25, 0.3) is 5.91 Å². The molecule has 1 N–H and O–H groups in total. The van der Waals surface area contributed by atoms with Crippen molar-refractivity contribution in [1.82, 2.24) is 5.32 Å². The summed E-state index contributed by atoms with van der Waals surface area (Å²) in [6, 6.07) is 6.11. The van der Waals surface area contributed by atoms with Crippen LogP contribution in [0.15, 0.2) is 18.2 Å². The molecule has 0 bridgehead atoms. The Morgan fingerprint density at radius 3 is 2.38 bits per heavy atom. The van der Waals surface area contributed by atoms with E-state index in [-0.39, 0.29) is 11.9 Å². The number of amides is 1. The summed E-state index contributed by atoms with van der Waals surface area (Å²) in [7, 11) is 0. The number of alkyl halides is 1. The van der Waals surface area contributed by atoms with Gasteiger partial charge in [-0.3, -0.25) is 4.79 Å². The molecule has 1 unspecified atom stereocenters. The number of hydrogen-bond acceptors (Lipinski definition) is 1. The minimum absolute atomic E-state index is 0.0141. The minimum atomic E-state index is 0.0141. The number of aryl methyl sites for hydroxylation is 2. The van der Waals surface area contributed by atoms with Gasteiger partial charge in [-0.05, 0) is 39.3 Å². The van der Waals surface area contributed by atoms with Gasteiger partial charge in [0.05, 0.1) is 0 Å². The molecule has 0 radical (unpaired) electrons. The fraction of sp³-hybridized carbons (Fsp3) is 0.462. The zero-order valence-corrected chi connectivity index (χ0v) is 11.6. The van der Waals surface area contributed by atoms with Gasteiger partial charge in [-0.15, -0.1) is 0 Å². The van der Waals surface area contributed by atoms with Crippen LogP contribution in [0, 0.1) is 13.8 Å². The van der Waals surface area contributed by atoms with Crippen molar-refractivity contribution in [2.45, 2.75) is 33.2 Å². The maximum atomic E-state index is 11.9. The van der Waals surface area contributed by atoms with Gasteiger partial charge in [0, 0.05) is 16.9 Å². The number of benzene rings is 1. The van der Waals surface area contributed by atoms with E-state index in [4.69, 9.17) is 0 Å². The number of carbonyl (C=O) groups is 1. The second kappa shape index (κ2) is 6.04. The lowest BCUT2D eigenvalue weighted by molar-refractivity contribution is 0.0939. The van der Waals surface area contributed by atoms with Gasteiger partial charge in [0.1, 0.15) is 0 Å². The van der Waals surface area contributed by atoms with Crippen LogP contribution in [-0.4, -0.2) is 17.3 Å². The van der Waals surface area contributed by atoms with Gasteiger partial charge in [0.2, 0.25) is 0 Å². The summed E-state index contributed by atoms with van der Waals surface area (Å²) in [5, 5.41) is 3.89. The monoisotopic (exact) mass is 283 g/mol. The Kier molecular flexibility index (Phi) is 5.00. The summed E-state index contributed by atoms with van der Waals surface area (Å²) in [6.45, 7) is 6.03. The molecule has 3 heteroatoms. The van der Waals surface area contributed by atoms with Crippen LogP contribution >= 0.6 is 15.9 Å². The summed E-state index contributed by atoms with van der Waals surface area (Å²) in [5.41, 5.74) is 3.00. The second-order valence-corrected chi connectivity index (χ2v) is 5.02. The molecule has 0 fully saturated rings. The Morgan fingerprint density at radius 2 is 1.88 bits per heavy atom. The predicted molar refractivity (Wildman–Crippen MR) is 71.3 cm³/mol. The van der Waals surface area contributed by atoms with Crippen LogP contribution in [-0.2, 0) is 0 Å². The van der Waals surface area contributed by atoms with Crippen LogP contribution in [0.5, 0.6) is 0 Å². The zero-order valence-electron chi connectivity index (χ0n) is 10.0. The smallest absolute Gasteiger partial charge is 0.251 e. The molecule has 0 aliphatic carbocycles. The number of nitrogens with one attached hydrogen (secondary N) is 1. The van der Waals surface area contributed by atoms with Crippen molar-refractivity contribution < 1.29 is 4.79 Å². The van der Waals surface area contributed by atoms with Crippen LogP contribution in [0.25, 0.3) is 0 Å². The second-order valence-electron chi connectivity index (χ2n) is 4.23. The van der Waals surface area contributed by atoms with E-state index in [0.29, 0.717) is 0 Å². The van der Waals surface area contributed by atoms with Crippen molar-refractivity contribution in [2.24, 2.45) is 0 Å². The lowest BCUT2D eigenvalue weighted by Crippen LogP contribution is -2.32. The molecule has 2 nitrogen and oxygen atoms in total. The molecule has 0 spiro atoms. The minimum Gasteiger partial charge on any atom is -0.350 e. The molecule has 1 rings (SSSR count). The van der Waals surface area contributed by atoms with Gasteiger partial charge in [-0.25, -0.2) is 0 Å². The summed E-state index contributed by atoms with van der Waals surface area (Å²) in [6.07, 6.45) is 0.941. The largest absolute Gasteiger partial charge is 0.350 e. The quantitative estimate of drug-likeness (QED) is 0.845. The summed E-state index contributed by atoms with van der Waals surface area (Å²) >= 11 is 3.37. The maximum absolute atomic E-state index is 11.9. The molecule has 0 aliphatic rings. The highest BCUT2D eigenvalue weighted by Gasteiger charge is 2.09. The van der Waals surface area contributed by atoms with Crippen molar-refractivity contribution in [2.75, 3.05) is 5.33 Å². The molecule has 1 aromatic rings. The Bertz CT molecular complexity index is 356. The van der Waals surface area contributed by atoms with Crippen LogP contribution in [0.1, 0.15) is 34.8 Å². The molecule has 0 aromatic heterocycles. The Balaban J connectivity index is 2.72. The lowest BCUT2D eigenvalue weighted by Gasteiger charge is -2.13. The van der Waals surface area contributed by atoms with E-state index < -0.39 is 0 Å². The summed E-state index contributed by atoms with van der Waals surface area (Å²) in [5.74, 6) is 0.0141. The molecule has 0 heterocycles. The average molecular weight is 284 g/mol. The highest BCUT2D eigenvalue weighted by Crippen LogP contribution is 2.09. The third-order valence-electron chi connectivity index (χ3n) is 2.40. The Morgan fingerprint density at radius 1 is 1.31 bits per heavy atom. The van der Waals surface area contributed by atoms with E-state index in [1.54, 1.807) is 0 Å². The van der Waals surface area contributed by atoms with Crippen LogP contribution in [0.2, 0.25) is 0 Å². The number of hydrogen-bond donors (Lipinski definition) is 1. The standard InChI is InChI=1S/C13H18BrNO/c1-9-6-10(2)8-12(7-9)13(16)15-11(3)4-5-14/h6-8,11H,4-5H2,1-3H3,(H,15,16). The molecule has 16 heavy (non-hydrogen) atoms. The van der Waals surface area contributed by atoms with Crippen molar-refractivity contribution in [1.29, 1.82) is 0 Å². The lowest BCUT2D eigenvalue weighted by atomic mass is 10.1. The molecule has 0 saturated heterocycles. The van der Waals surface area contributed by atoms with Gasteiger partial charge in [-0.2, -0.15) is 0 Å². The van der Waals surface area contributed by atoms with Gasteiger partial charge < -0.3 is 5.32 Å². The third-order valence-corrected chi connectivity index (χ3v) is 2.86. The maximum Gasteiger partial charge on any atom is 0.251 e. The molecular weight excluding hydrogens is 266 g/mol. The van der Waals surface area contributed by atoms with E-state index in [1.807, 2.05) is 32.9 Å². The molecular formula is C13H18BrNO. The first-order valence-electron chi connectivity index (χ1n) is 5.48.